The minimum Gasteiger partial charge on any atom is -0.396 e. The van der Waals surface area contributed by atoms with Crippen molar-refractivity contribution in [3.63, 3.8) is 0 Å². The van der Waals surface area contributed by atoms with Gasteiger partial charge in [0.2, 0.25) is 0 Å². The molecule has 1 aromatic rings. The number of hydrogen-bond donors (Lipinski definition) is 1. The predicted molar refractivity (Wildman–Crippen MR) is 40.8 cm³/mol. The van der Waals surface area contributed by atoms with Crippen molar-refractivity contribution in [2.24, 2.45) is 0 Å². The highest BCUT2D eigenvalue weighted by molar-refractivity contribution is 6.31. The highest BCUT2D eigenvalue weighted by atomic mass is 35.5. The molecule has 0 spiro atoms. The van der Waals surface area contributed by atoms with E-state index in [-0.39, 0.29) is 5.15 Å². The molecule has 0 aliphatic rings. The van der Waals surface area contributed by atoms with E-state index in [1.165, 1.54) is 0 Å². The molecule has 0 atom stereocenters. The molecular weight excluding hydrogens is 150 g/mol. The van der Waals surface area contributed by atoms with Gasteiger partial charge < -0.3 is 5.73 Å². The van der Waals surface area contributed by atoms with Gasteiger partial charge in [-0.25, -0.2) is 0 Å². The number of anilines is 1. The first kappa shape index (κ1) is 7.28. The minimum absolute atomic E-state index is 0.275. The third-order valence-electron chi connectivity index (χ3n) is 1.19. The zero-order valence-electron chi connectivity index (χ0n) is 5.63. The Labute approximate surface area is 64.2 Å². The van der Waals surface area contributed by atoms with E-state index in [1.807, 2.05) is 6.92 Å². The summed E-state index contributed by atoms with van der Waals surface area (Å²) >= 11 is 5.54. The number of hydrogen-bond acceptors (Lipinski definition) is 3. The molecule has 0 fully saturated rings. The fraction of sp³-hybridized carbons (Fsp3) is 0.333. The highest BCUT2D eigenvalue weighted by Crippen LogP contribution is 2.13. The molecule has 3 nitrogen and oxygen atoms in total. The van der Waals surface area contributed by atoms with Crippen LogP contribution in [0, 0.1) is 0 Å². The Morgan fingerprint density at radius 2 is 2.30 bits per heavy atom. The van der Waals surface area contributed by atoms with Gasteiger partial charge in [-0.2, -0.15) is 5.10 Å². The van der Waals surface area contributed by atoms with Gasteiger partial charge >= 0.3 is 0 Å². The van der Waals surface area contributed by atoms with Gasteiger partial charge in [0.05, 0.1) is 11.4 Å². The molecule has 54 valence electrons. The Morgan fingerprint density at radius 1 is 1.60 bits per heavy atom. The van der Waals surface area contributed by atoms with Crippen LogP contribution < -0.4 is 5.73 Å². The first-order chi connectivity index (χ1) is 4.74. The van der Waals surface area contributed by atoms with E-state index in [1.54, 1.807) is 6.07 Å². The van der Waals surface area contributed by atoms with Crippen molar-refractivity contribution in [1.29, 1.82) is 0 Å². The van der Waals surface area contributed by atoms with Crippen molar-refractivity contribution in [1.82, 2.24) is 10.2 Å². The van der Waals surface area contributed by atoms with Gasteiger partial charge in [0.1, 0.15) is 0 Å². The van der Waals surface area contributed by atoms with Gasteiger partial charge in [-0.3, -0.25) is 0 Å². The molecule has 0 radical (unpaired) electrons. The maximum Gasteiger partial charge on any atom is 0.174 e. The Hall–Kier alpha value is -0.830. The summed E-state index contributed by atoms with van der Waals surface area (Å²) in [7, 11) is 0. The average Bonchev–Trinajstić information content (AvgIpc) is 1.95. The lowest BCUT2D eigenvalue weighted by atomic mass is 10.3. The van der Waals surface area contributed by atoms with Crippen LogP contribution in [-0.2, 0) is 6.42 Å². The molecule has 0 aliphatic heterocycles. The second kappa shape index (κ2) is 2.84. The molecule has 0 aliphatic carbocycles. The third-order valence-corrected chi connectivity index (χ3v) is 1.48. The SMILES string of the molecule is CCc1cc(N)c(Cl)nn1. The summed E-state index contributed by atoms with van der Waals surface area (Å²) in [5.74, 6) is 0. The van der Waals surface area contributed by atoms with Gasteiger partial charge in [-0.1, -0.05) is 18.5 Å². The highest BCUT2D eigenvalue weighted by Gasteiger charge is 1.98. The predicted octanol–water partition coefficient (Wildman–Crippen LogP) is 1.27. The number of nitrogens with zero attached hydrogens (tertiary/aromatic N) is 2. The molecule has 0 amide bonds. The first-order valence-electron chi connectivity index (χ1n) is 3.01. The van der Waals surface area contributed by atoms with Gasteiger partial charge in [0.15, 0.2) is 5.15 Å². The number of nitrogens with two attached hydrogens (primary N) is 1. The van der Waals surface area contributed by atoms with Crippen molar-refractivity contribution < 1.29 is 0 Å². The van der Waals surface area contributed by atoms with E-state index < -0.39 is 0 Å². The van der Waals surface area contributed by atoms with E-state index in [0.717, 1.165) is 12.1 Å². The van der Waals surface area contributed by atoms with E-state index in [2.05, 4.69) is 10.2 Å². The summed E-state index contributed by atoms with van der Waals surface area (Å²) in [5.41, 5.74) is 6.82. The zero-order valence-corrected chi connectivity index (χ0v) is 6.39. The number of halogens is 1. The van der Waals surface area contributed by atoms with Crippen molar-refractivity contribution in [3.8, 4) is 0 Å². The third kappa shape index (κ3) is 1.36. The van der Waals surface area contributed by atoms with Gasteiger partial charge in [0.25, 0.3) is 0 Å². The van der Waals surface area contributed by atoms with E-state index >= 15 is 0 Å². The summed E-state index contributed by atoms with van der Waals surface area (Å²) in [6.45, 7) is 1.98. The second-order valence-corrected chi connectivity index (χ2v) is 2.29. The lowest BCUT2D eigenvalue weighted by Gasteiger charge is -1.96. The van der Waals surface area contributed by atoms with Crippen molar-refractivity contribution >= 4 is 17.3 Å². The maximum atomic E-state index is 5.54. The van der Waals surface area contributed by atoms with E-state index in [4.69, 9.17) is 17.3 Å². The molecule has 0 aromatic carbocycles. The van der Waals surface area contributed by atoms with E-state index in [0.29, 0.717) is 5.69 Å². The van der Waals surface area contributed by atoms with Crippen LogP contribution in [0.3, 0.4) is 0 Å². The van der Waals surface area contributed by atoms with Crippen LogP contribution in [0.25, 0.3) is 0 Å². The van der Waals surface area contributed by atoms with Gasteiger partial charge in [-0.05, 0) is 12.5 Å². The maximum absolute atomic E-state index is 5.54. The Kier molecular flexibility index (Phi) is 2.06. The zero-order chi connectivity index (χ0) is 7.56. The number of aryl methyl sites for hydroxylation is 1. The summed E-state index contributed by atoms with van der Waals surface area (Å²) in [5, 5.41) is 7.71. The minimum atomic E-state index is 0.275. The smallest absolute Gasteiger partial charge is 0.174 e. The average molecular weight is 158 g/mol. The molecule has 1 heterocycles. The van der Waals surface area contributed by atoms with E-state index in [9.17, 15) is 0 Å². The topological polar surface area (TPSA) is 51.8 Å². The van der Waals surface area contributed by atoms with Crippen LogP contribution >= 0.6 is 11.6 Å². The molecule has 0 saturated carbocycles. The largest absolute Gasteiger partial charge is 0.396 e. The molecule has 1 aromatic heterocycles. The van der Waals surface area contributed by atoms with Crippen molar-refractivity contribution in [2.75, 3.05) is 5.73 Å². The standard InChI is InChI=1S/C6H8ClN3/c1-2-4-3-5(8)6(7)10-9-4/h3H,2H2,1H3,(H2,8,9). The monoisotopic (exact) mass is 157 g/mol. The van der Waals surface area contributed by atoms with Gasteiger partial charge in [0, 0.05) is 0 Å². The summed E-state index contributed by atoms with van der Waals surface area (Å²) in [6.07, 6.45) is 0.828. The second-order valence-electron chi connectivity index (χ2n) is 1.94. The number of rotatable bonds is 1. The van der Waals surface area contributed by atoms with Crippen LogP contribution in [0.4, 0.5) is 5.69 Å². The lowest BCUT2D eigenvalue weighted by molar-refractivity contribution is 0.922. The van der Waals surface area contributed by atoms with Crippen molar-refractivity contribution in [2.45, 2.75) is 13.3 Å². The molecular formula is C6H8ClN3. The Balaban J connectivity index is 3.04. The summed E-state index contributed by atoms with van der Waals surface area (Å²) < 4.78 is 0. The molecule has 4 heteroatoms. The van der Waals surface area contributed by atoms with Crippen molar-refractivity contribution in [3.05, 3.63) is 16.9 Å². The normalized spacial score (nSPS) is 9.80. The molecule has 0 unspecified atom stereocenters. The lowest BCUT2D eigenvalue weighted by Crippen LogP contribution is -1.95. The Morgan fingerprint density at radius 3 is 2.80 bits per heavy atom. The summed E-state index contributed by atoms with van der Waals surface area (Å²) in [6, 6.07) is 1.73. The van der Waals surface area contributed by atoms with Gasteiger partial charge in [-0.15, -0.1) is 5.10 Å². The van der Waals surface area contributed by atoms with Crippen LogP contribution in [0.5, 0.6) is 0 Å². The molecule has 0 bridgehead atoms. The number of aromatic nitrogens is 2. The number of nitrogen functional groups attached to an aromatic ring is 1. The summed E-state index contributed by atoms with van der Waals surface area (Å²) in [4.78, 5) is 0. The molecule has 2 N–H and O–H groups in total. The van der Waals surface area contributed by atoms with Crippen LogP contribution in [0.2, 0.25) is 5.15 Å². The fourth-order valence-electron chi connectivity index (χ4n) is 0.607. The molecule has 10 heavy (non-hydrogen) atoms. The fourth-order valence-corrected chi connectivity index (χ4v) is 0.699. The van der Waals surface area contributed by atoms with Crippen LogP contribution in [0.15, 0.2) is 6.07 Å². The quantitative estimate of drug-likeness (QED) is 0.668. The first-order valence-corrected chi connectivity index (χ1v) is 3.39. The van der Waals surface area contributed by atoms with Crippen LogP contribution in [0.1, 0.15) is 12.6 Å². The Bertz CT molecular complexity index is 236. The molecule has 1 rings (SSSR count). The molecule has 0 saturated heterocycles. The van der Waals surface area contributed by atoms with Crippen LogP contribution in [-0.4, -0.2) is 10.2 Å².